The summed E-state index contributed by atoms with van der Waals surface area (Å²) in [7, 11) is 0. The zero-order valence-corrected chi connectivity index (χ0v) is 6.93. The molecule has 0 amide bonds. The standard InChI is InChI=1S/C6H11NS.ClH/c1-2-6-5(1)7-3-4-8-6;/h5-7H,1-4H2;1H. The van der Waals surface area contributed by atoms with Gasteiger partial charge in [0.2, 0.25) is 0 Å². The maximum absolute atomic E-state index is 3.50. The molecule has 0 radical (unpaired) electrons. The second-order valence-corrected chi connectivity index (χ2v) is 3.89. The Morgan fingerprint density at radius 1 is 1.33 bits per heavy atom. The van der Waals surface area contributed by atoms with Crippen molar-refractivity contribution in [1.29, 1.82) is 0 Å². The van der Waals surface area contributed by atoms with E-state index in [-0.39, 0.29) is 12.4 Å². The molecule has 0 aromatic carbocycles. The van der Waals surface area contributed by atoms with Crippen LogP contribution in [0.4, 0.5) is 0 Å². The molecule has 1 aliphatic heterocycles. The van der Waals surface area contributed by atoms with E-state index in [1.807, 2.05) is 0 Å². The Balaban J connectivity index is 0.000000405. The summed E-state index contributed by atoms with van der Waals surface area (Å²) in [6.45, 7) is 1.24. The molecule has 1 aliphatic carbocycles. The van der Waals surface area contributed by atoms with E-state index in [4.69, 9.17) is 0 Å². The number of rotatable bonds is 0. The lowest BCUT2D eigenvalue weighted by molar-refractivity contribution is 0.351. The van der Waals surface area contributed by atoms with E-state index in [0.29, 0.717) is 0 Å². The average Bonchev–Trinajstić information content (AvgIpc) is 1.72. The molecule has 1 nitrogen and oxygen atoms in total. The molecule has 1 saturated carbocycles. The molecule has 2 atom stereocenters. The smallest absolute Gasteiger partial charge is 0.0202 e. The van der Waals surface area contributed by atoms with Gasteiger partial charge in [-0.2, -0.15) is 11.8 Å². The van der Waals surface area contributed by atoms with Crippen LogP contribution in [0.25, 0.3) is 0 Å². The molecule has 54 valence electrons. The average molecular weight is 166 g/mol. The topological polar surface area (TPSA) is 12.0 Å². The maximum Gasteiger partial charge on any atom is 0.0202 e. The SMILES string of the molecule is C1CSC2CCC2N1.Cl. The zero-order chi connectivity index (χ0) is 5.40. The van der Waals surface area contributed by atoms with Crippen molar-refractivity contribution in [2.45, 2.75) is 24.1 Å². The van der Waals surface area contributed by atoms with Crippen molar-refractivity contribution in [2.24, 2.45) is 0 Å². The van der Waals surface area contributed by atoms with E-state index in [2.05, 4.69) is 17.1 Å². The molecular weight excluding hydrogens is 154 g/mol. The summed E-state index contributed by atoms with van der Waals surface area (Å²) in [6, 6.07) is 0.897. The van der Waals surface area contributed by atoms with Crippen molar-refractivity contribution in [3.63, 3.8) is 0 Å². The lowest BCUT2D eigenvalue weighted by Crippen LogP contribution is -2.50. The highest BCUT2D eigenvalue weighted by molar-refractivity contribution is 8.00. The van der Waals surface area contributed by atoms with Gasteiger partial charge in [-0.3, -0.25) is 0 Å². The fourth-order valence-corrected chi connectivity index (χ4v) is 2.66. The summed E-state index contributed by atoms with van der Waals surface area (Å²) in [4.78, 5) is 0. The Morgan fingerprint density at radius 3 is 2.56 bits per heavy atom. The highest BCUT2D eigenvalue weighted by Crippen LogP contribution is 2.33. The first-order valence-corrected chi connectivity index (χ1v) is 4.37. The third kappa shape index (κ3) is 1.36. The van der Waals surface area contributed by atoms with Gasteiger partial charge in [-0.1, -0.05) is 0 Å². The van der Waals surface area contributed by atoms with Crippen molar-refractivity contribution in [3.8, 4) is 0 Å². The summed E-state index contributed by atoms with van der Waals surface area (Å²) in [5.41, 5.74) is 0. The Morgan fingerprint density at radius 2 is 2.22 bits per heavy atom. The molecule has 0 spiro atoms. The van der Waals surface area contributed by atoms with Crippen LogP contribution in [-0.4, -0.2) is 23.6 Å². The van der Waals surface area contributed by atoms with Gasteiger partial charge >= 0.3 is 0 Å². The Bertz CT molecular complexity index is 87.1. The normalized spacial score (nSPS) is 40.0. The monoisotopic (exact) mass is 165 g/mol. The van der Waals surface area contributed by atoms with Gasteiger partial charge in [-0.25, -0.2) is 0 Å². The number of thioether (sulfide) groups is 1. The molecule has 1 heterocycles. The Hall–Kier alpha value is 0.600. The number of hydrogen-bond donors (Lipinski definition) is 1. The van der Waals surface area contributed by atoms with Crippen molar-refractivity contribution in [1.82, 2.24) is 5.32 Å². The second kappa shape index (κ2) is 3.13. The van der Waals surface area contributed by atoms with Crippen molar-refractivity contribution >= 4 is 24.2 Å². The van der Waals surface area contributed by atoms with Crippen LogP contribution in [-0.2, 0) is 0 Å². The van der Waals surface area contributed by atoms with E-state index >= 15 is 0 Å². The van der Waals surface area contributed by atoms with Crippen molar-refractivity contribution in [2.75, 3.05) is 12.3 Å². The van der Waals surface area contributed by atoms with Crippen molar-refractivity contribution in [3.05, 3.63) is 0 Å². The predicted octanol–water partition coefficient (Wildman–Crippen LogP) is 1.28. The first kappa shape index (κ1) is 7.70. The second-order valence-electron chi connectivity index (χ2n) is 2.55. The highest BCUT2D eigenvalue weighted by Gasteiger charge is 2.32. The third-order valence-corrected chi connectivity index (χ3v) is 3.48. The van der Waals surface area contributed by atoms with Crippen LogP contribution < -0.4 is 5.32 Å². The molecule has 2 rings (SSSR count). The lowest BCUT2D eigenvalue weighted by Gasteiger charge is -2.40. The van der Waals surface area contributed by atoms with Gasteiger partial charge in [0.1, 0.15) is 0 Å². The molecule has 2 unspecified atom stereocenters. The Labute approximate surface area is 66.4 Å². The zero-order valence-electron chi connectivity index (χ0n) is 5.30. The summed E-state index contributed by atoms with van der Waals surface area (Å²) >= 11 is 2.15. The first-order chi connectivity index (χ1) is 3.97. The molecule has 1 N–H and O–H groups in total. The molecule has 2 fully saturated rings. The van der Waals surface area contributed by atoms with Gasteiger partial charge in [-0.05, 0) is 12.8 Å². The highest BCUT2D eigenvalue weighted by atomic mass is 35.5. The molecule has 0 bridgehead atoms. The first-order valence-electron chi connectivity index (χ1n) is 3.32. The number of halogens is 1. The minimum atomic E-state index is 0. The minimum absolute atomic E-state index is 0. The number of hydrogen-bond acceptors (Lipinski definition) is 2. The largest absolute Gasteiger partial charge is 0.312 e. The maximum atomic E-state index is 3.50. The molecule has 0 aromatic rings. The third-order valence-electron chi connectivity index (χ3n) is 2.05. The van der Waals surface area contributed by atoms with Gasteiger partial charge in [0.05, 0.1) is 0 Å². The van der Waals surface area contributed by atoms with E-state index in [1.54, 1.807) is 0 Å². The predicted molar refractivity (Wildman–Crippen MR) is 44.5 cm³/mol. The molecule has 9 heavy (non-hydrogen) atoms. The quantitative estimate of drug-likeness (QED) is 0.581. The van der Waals surface area contributed by atoms with Crippen LogP contribution in [0.5, 0.6) is 0 Å². The molecule has 1 saturated heterocycles. The fraction of sp³-hybridized carbons (Fsp3) is 1.00. The van der Waals surface area contributed by atoms with E-state index in [1.165, 1.54) is 25.1 Å². The van der Waals surface area contributed by atoms with Gasteiger partial charge in [0, 0.05) is 23.6 Å². The minimum Gasteiger partial charge on any atom is -0.312 e. The van der Waals surface area contributed by atoms with Gasteiger partial charge in [-0.15, -0.1) is 12.4 Å². The molecule has 2 aliphatic rings. The molecular formula is C6H12ClNS. The van der Waals surface area contributed by atoms with Crippen LogP contribution in [0.15, 0.2) is 0 Å². The van der Waals surface area contributed by atoms with Gasteiger partial charge < -0.3 is 5.32 Å². The van der Waals surface area contributed by atoms with Gasteiger partial charge in [0.25, 0.3) is 0 Å². The summed E-state index contributed by atoms with van der Waals surface area (Å²) in [5.74, 6) is 1.33. The molecule has 3 heteroatoms. The molecule has 0 aromatic heterocycles. The summed E-state index contributed by atoms with van der Waals surface area (Å²) < 4.78 is 0. The van der Waals surface area contributed by atoms with Crippen LogP contribution in [0.3, 0.4) is 0 Å². The van der Waals surface area contributed by atoms with Crippen molar-refractivity contribution < 1.29 is 0 Å². The number of fused-ring (bicyclic) bond motifs is 1. The van der Waals surface area contributed by atoms with E-state index in [9.17, 15) is 0 Å². The van der Waals surface area contributed by atoms with Crippen LogP contribution in [0, 0.1) is 0 Å². The van der Waals surface area contributed by atoms with E-state index in [0.717, 1.165) is 11.3 Å². The number of nitrogens with one attached hydrogen (secondary N) is 1. The summed E-state index contributed by atoms with van der Waals surface area (Å²) in [6.07, 6.45) is 2.89. The summed E-state index contributed by atoms with van der Waals surface area (Å²) in [5, 5.41) is 4.49. The lowest BCUT2D eigenvalue weighted by atomic mass is 9.92. The Kier molecular flexibility index (Phi) is 2.68. The van der Waals surface area contributed by atoms with Crippen LogP contribution in [0.2, 0.25) is 0 Å². The van der Waals surface area contributed by atoms with Crippen LogP contribution in [0.1, 0.15) is 12.8 Å². The van der Waals surface area contributed by atoms with Crippen LogP contribution >= 0.6 is 24.2 Å². The van der Waals surface area contributed by atoms with Gasteiger partial charge in [0.15, 0.2) is 0 Å². The van der Waals surface area contributed by atoms with E-state index < -0.39 is 0 Å². The fourth-order valence-electron chi connectivity index (χ4n) is 1.36.